The Balaban J connectivity index is 2.74. The van der Waals surface area contributed by atoms with Crippen molar-refractivity contribution in [2.24, 2.45) is 5.92 Å². The van der Waals surface area contributed by atoms with Crippen LogP contribution in [0.4, 0.5) is 0 Å². The number of hydrogen-bond donors (Lipinski definition) is 2. The molecule has 1 rings (SSSR count). The van der Waals surface area contributed by atoms with E-state index in [1.165, 1.54) is 6.92 Å². The summed E-state index contributed by atoms with van der Waals surface area (Å²) in [7, 11) is 0. The van der Waals surface area contributed by atoms with Crippen molar-refractivity contribution in [1.82, 2.24) is 5.32 Å². The first-order valence-electron chi connectivity index (χ1n) is 4.03. The molecule has 0 aliphatic heterocycles. The molecule has 1 fully saturated rings. The largest absolute Gasteiger partial charge is 0.480 e. The van der Waals surface area contributed by atoms with Crippen LogP contribution in [-0.4, -0.2) is 22.5 Å². The standard InChI is InChI=1S/C9H11NO3/c1-3-7(11)10-9(2,8(12)13)6-4-5-6/h1,6H,4-5H2,2H3,(H,10,11)(H,12,13). The number of aliphatic carboxylic acids is 1. The molecule has 0 heterocycles. The maximum Gasteiger partial charge on any atom is 0.329 e. The van der Waals surface area contributed by atoms with Crippen LogP contribution >= 0.6 is 0 Å². The summed E-state index contributed by atoms with van der Waals surface area (Å²) in [5.41, 5.74) is -1.19. The lowest BCUT2D eigenvalue weighted by atomic mass is 9.96. The minimum absolute atomic E-state index is 0.0160. The van der Waals surface area contributed by atoms with E-state index in [0.717, 1.165) is 12.8 Å². The molecule has 4 nitrogen and oxygen atoms in total. The average Bonchev–Trinajstić information content (AvgIpc) is 2.85. The second-order valence-corrected chi connectivity index (χ2v) is 3.38. The fourth-order valence-electron chi connectivity index (χ4n) is 1.26. The molecule has 13 heavy (non-hydrogen) atoms. The molecule has 4 heteroatoms. The number of nitrogens with one attached hydrogen (secondary N) is 1. The molecule has 0 aromatic rings. The maximum absolute atomic E-state index is 10.9. The molecule has 1 saturated carbocycles. The summed E-state index contributed by atoms with van der Waals surface area (Å²) in [6.45, 7) is 1.49. The minimum Gasteiger partial charge on any atom is -0.480 e. The van der Waals surface area contributed by atoms with Gasteiger partial charge in [-0.1, -0.05) is 0 Å². The molecule has 0 spiro atoms. The lowest BCUT2D eigenvalue weighted by Gasteiger charge is -2.24. The first kappa shape index (κ1) is 9.59. The summed E-state index contributed by atoms with van der Waals surface area (Å²) in [6, 6.07) is 0. The SMILES string of the molecule is C#CC(=O)NC(C)(C(=O)O)C1CC1. The summed E-state index contributed by atoms with van der Waals surface area (Å²) >= 11 is 0. The van der Waals surface area contributed by atoms with Crippen molar-refractivity contribution in [3.8, 4) is 12.3 Å². The van der Waals surface area contributed by atoms with Crippen molar-refractivity contribution >= 4 is 11.9 Å². The average molecular weight is 181 g/mol. The van der Waals surface area contributed by atoms with Crippen LogP contribution in [0.5, 0.6) is 0 Å². The van der Waals surface area contributed by atoms with Gasteiger partial charge in [0.25, 0.3) is 5.91 Å². The van der Waals surface area contributed by atoms with Crippen molar-refractivity contribution < 1.29 is 14.7 Å². The second kappa shape index (κ2) is 3.09. The molecule has 1 aliphatic rings. The van der Waals surface area contributed by atoms with E-state index in [1.807, 2.05) is 5.92 Å². The van der Waals surface area contributed by atoms with E-state index >= 15 is 0 Å². The monoisotopic (exact) mass is 181 g/mol. The molecular weight excluding hydrogens is 170 g/mol. The van der Waals surface area contributed by atoms with Crippen LogP contribution in [0.2, 0.25) is 0 Å². The van der Waals surface area contributed by atoms with E-state index in [4.69, 9.17) is 11.5 Å². The molecule has 0 radical (unpaired) electrons. The van der Waals surface area contributed by atoms with Crippen molar-refractivity contribution in [1.29, 1.82) is 0 Å². The Bertz CT molecular complexity index is 288. The van der Waals surface area contributed by atoms with E-state index in [-0.39, 0.29) is 5.92 Å². The highest BCUT2D eigenvalue weighted by atomic mass is 16.4. The van der Waals surface area contributed by atoms with E-state index in [9.17, 15) is 9.59 Å². The highest BCUT2D eigenvalue weighted by Gasteiger charge is 2.48. The molecule has 1 atom stereocenters. The molecule has 1 aliphatic carbocycles. The Labute approximate surface area is 76.3 Å². The van der Waals surface area contributed by atoms with Gasteiger partial charge in [0.1, 0.15) is 5.54 Å². The van der Waals surface area contributed by atoms with Gasteiger partial charge in [-0.25, -0.2) is 4.79 Å². The topological polar surface area (TPSA) is 66.4 Å². The number of carboxylic acid groups (broad SMARTS) is 1. The van der Waals surface area contributed by atoms with E-state index < -0.39 is 17.4 Å². The molecule has 0 saturated heterocycles. The Morgan fingerprint density at radius 2 is 2.15 bits per heavy atom. The van der Waals surface area contributed by atoms with Crippen LogP contribution < -0.4 is 5.32 Å². The number of amides is 1. The van der Waals surface area contributed by atoms with Crippen LogP contribution in [0.25, 0.3) is 0 Å². The van der Waals surface area contributed by atoms with Crippen LogP contribution in [0.15, 0.2) is 0 Å². The highest BCUT2D eigenvalue weighted by Crippen LogP contribution is 2.39. The number of carboxylic acids is 1. The van der Waals surface area contributed by atoms with Crippen LogP contribution in [0.3, 0.4) is 0 Å². The van der Waals surface area contributed by atoms with Gasteiger partial charge in [0.15, 0.2) is 0 Å². The van der Waals surface area contributed by atoms with Gasteiger partial charge in [-0.05, 0) is 31.6 Å². The van der Waals surface area contributed by atoms with E-state index in [0.29, 0.717) is 0 Å². The highest BCUT2D eigenvalue weighted by molar-refractivity contribution is 5.97. The molecule has 1 amide bonds. The third kappa shape index (κ3) is 1.81. The predicted octanol–water partition coefficient (Wildman–Crippen LogP) is -0.0109. The van der Waals surface area contributed by atoms with Gasteiger partial charge >= 0.3 is 5.97 Å². The normalized spacial score (nSPS) is 19.7. The third-order valence-corrected chi connectivity index (χ3v) is 2.34. The third-order valence-electron chi connectivity index (χ3n) is 2.34. The predicted molar refractivity (Wildman–Crippen MR) is 45.7 cm³/mol. The van der Waals surface area contributed by atoms with Crippen LogP contribution in [-0.2, 0) is 9.59 Å². The smallest absolute Gasteiger partial charge is 0.329 e. The number of carbonyl (C=O) groups is 2. The second-order valence-electron chi connectivity index (χ2n) is 3.38. The Kier molecular flexibility index (Phi) is 2.28. The van der Waals surface area contributed by atoms with Gasteiger partial charge in [-0.3, -0.25) is 4.79 Å². The lowest BCUT2D eigenvalue weighted by molar-refractivity contribution is -0.147. The van der Waals surface area contributed by atoms with Crippen LogP contribution in [0.1, 0.15) is 19.8 Å². The summed E-state index contributed by atoms with van der Waals surface area (Å²) in [6.07, 6.45) is 6.50. The molecule has 0 bridgehead atoms. The van der Waals surface area contributed by atoms with E-state index in [2.05, 4.69) is 5.32 Å². The zero-order chi connectivity index (χ0) is 10.1. The summed E-state index contributed by atoms with van der Waals surface area (Å²) < 4.78 is 0. The molecule has 0 aromatic heterocycles. The van der Waals surface area contributed by atoms with Gasteiger partial charge in [-0.2, -0.15) is 0 Å². The number of terminal acetylenes is 1. The number of rotatable bonds is 3. The first-order chi connectivity index (χ1) is 6.00. The lowest BCUT2D eigenvalue weighted by Crippen LogP contribution is -2.53. The zero-order valence-corrected chi connectivity index (χ0v) is 7.33. The van der Waals surface area contributed by atoms with Gasteiger partial charge in [0.05, 0.1) is 0 Å². The van der Waals surface area contributed by atoms with Gasteiger partial charge in [0, 0.05) is 0 Å². The summed E-state index contributed by atoms with van der Waals surface area (Å²) in [5.74, 6) is 0.162. The molecule has 70 valence electrons. The van der Waals surface area contributed by atoms with Crippen molar-refractivity contribution in [3.05, 3.63) is 0 Å². The molecular formula is C9H11NO3. The Hall–Kier alpha value is -1.50. The van der Waals surface area contributed by atoms with Gasteiger partial charge in [0.2, 0.25) is 0 Å². The first-order valence-corrected chi connectivity index (χ1v) is 4.03. The molecule has 2 N–H and O–H groups in total. The minimum atomic E-state index is -1.19. The van der Waals surface area contributed by atoms with Gasteiger partial charge in [-0.15, -0.1) is 6.42 Å². The fraction of sp³-hybridized carbons (Fsp3) is 0.556. The zero-order valence-electron chi connectivity index (χ0n) is 7.33. The summed E-state index contributed by atoms with van der Waals surface area (Å²) in [5, 5.41) is 11.2. The fourth-order valence-corrected chi connectivity index (χ4v) is 1.26. The van der Waals surface area contributed by atoms with Gasteiger partial charge < -0.3 is 10.4 Å². The number of hydrogen-bond acceptors (Lipinski definition) is 2. The maximum atomic E-state index is 10.9. The van der Waals surface area contributed by atoms with Crippen molar-refractivity contribution in [2.75, 3.05) is 0 Å². The Morgan fingerprint density at radius 1 is 1.62 bits per heavy atom. The van der Waals surface area contributed by atoms with Crippen molar-refractivity contribution in [2.45, 2.75) is 25.3 Å². The quantitative estimate of drug-likeness (QED) is 0.602. The molecule has 0 aromatic carbocycles. The van der Waals surface area contributed by atoms with Crippen molar-refractivity contribution in [3.63, 3.8) is 0 Å². The van der Waals surface area contributed by atoms with Crippen LogP contribution in [0, 0.1) is 18.3 Å². The summed E-state index contributed by atoms with van der Waals surface area (Å²) in [4.78, 5) is 21.7. The Morgan fingerprint density at radius 3 is 2.46 bits per heavy atom. The number of carbonyl (C=O) groups excluding carboxylic acids is 1. The molecule has 1 unspecified atom stereocenters. The van der Waals surface area contributed by atoms with E-state index in [1.54, 1.807) is 0 Å².